The van der Waals surface area contributed by atoms with Crippen LogP contribution in [0.1, 0.15) is 168 Å². The zero-order chi connectivity index (χ0) is 36.0. The van der Waals surface area contributed by atoms with Crippen molar-refractivity contribution in [2.75, 3.05) is 19.8 Å². The van der Waals surface area contributed by atoms with E-state index in [1.807, 2.05) is 6.92 Å². The third-order valence-electron chi connectivity index (χ3n) is 9.12. The van der Waals surface area contributed by atoms with Gasteiger partial charge in [-0.25, -0.2) is 0 Å². The van der Waals surface area contributed by atoms with Crippen LogP contribution in [0.3, 0.4) is 0 Å². The molecule has 10 heteroatoms. The molecular formula is C39H72O10. The summed E-state index contributed by atoms with van der Waals surface area (Å²) in [6, 6.07) is 0. The van der Waals surface area contributed by atoms with Crippen LogP contribution in [0.15, 0.2) is 12.2 Å². The number of unbranched alkanes of at least 4 members (excludes halogenated alkanes) is 19. The normalized spacial score (nSPS) is 21.6. The molecule has 6 unspecified atom stereocenters. The first kappa shape index (κ1) is 45.5. The Bertz CT molecular complexity index is 820. The Morgan fingerprint density at radius 1 is 0.612 bits per heavy atom. The number of aliphatic hydroxyl groups excluding tert-OH is 4. The zero-order valence-corrected chi connectivity index (χ0v) is 30.9. The Morgan fingerprint density at radius 3 is 1.63 bits per heavy atom. The third kappa shape index (κ3) is 23.5. The molecule has 1 aliphatic rings. The minimum absolute atomic E-state index is 0.224. The van der Waals surface area contributed by atoms with Crippen molar-refractivity contribution in [1.82, 2.24) is 0 Å². The molecule has 10 nitrogen and oxygen atoms in total. The molecule has 0 amide bonds. The number of ether oxygens (including phenoxy) is 4. The van der Waals surface area contributed by atoms with Gasteiger partial charge in [-0.1, -0.05) is 129 Å². The molecular weight excluding hydrogens is 628 g/mol. The fourth-order valence-corrected chi connectivity index (χ4v) is 5.98. The number of hydrogen-bond acceptors (Lipinski definition) is 10. The van der Waals surface area contributed by atoms with Gasteiger partial charge >= 0.3 is 11.9 Å². The van der Waals surface area contributed by atoms with Crippen LogP contribution < -0.4 is 0 Å². The molecule has 1 fully saturated rings. The summed E-state index contributed by atoms with van der Waals surface area (Å²) in [6.45, 7) is 3.03. The molecule has 0 radical (unpaired) electrons. The smallest absolute Gasteiger partial charge is 0.306 e. The highest BCUT2D eigenvalue weighted by Gasteiger charge is 2.44. The third-order valence-corrected chi connectivity index (χ3v) is 9.12. The minimum Gasteiger partial charge on any atom is -0.462 e. The number of hydrogen-bond donors (Lipinski definition) is 4. The van der Waals surface area contributed by atoms with Gasteiger partial charge in [-0.15, -0.1) is 0 Å². The van der Waals surface area contributed by atoms with E-state index in [0.29, 0.717) is 12.8 Å². The number of rotatable bonds is 32. The molecule has 0 aromatic heterocycles. The fourth-order valence-electron chi connectivity index (χ4n) is 5.98. The second kappa shape index (κ2) is 31.2. The van der Waals surface area contributed by atoms with E-state index < -0.39 is 55.4 Å². The summed E-state index contributed by atoms with van der Waals surface area (Å²) in [5, 5.41) is 39.5. The Morgan fingerprint density at radius 2 is 1.12 bits per heavy atom. The van der Waals surface area contributed by atoms with Gasteiger partial charge < -0.3 is 39.4 Å². The first-order chi connectivity index (χ1) is 23.8. The summed E-state index contributed by atoms with van der Waals surface area (Å²) in [5.41, 5.74) is 0. The lowest BCUT2D eigenvalue weighted by atomic mass is 9.99. The molecule has 4 N–H and O–H groups in total. The van der Waals surface area contributed by atoms with Gasteiger partial charge in [-0.3, -0.25) is 9.59 Å². The summed E-state index contributed by atoms with van der Waals surface area (Å²) >= 11 is 0. The molecule has 49 heavy (non-hydrogen) atoms. The van der Waals surface area contributed by atoms with Gasteiger partial charge in [-0.2, -0.15) is 0 Å². The van der Waals surface area contributed by atoms with Crippen LogP contribution in [-0.2, 0) is 28.5 Å². The summed E-state index contributed by atoms with van der Waals surface area (Å²) in [4.78, 5) is 24.4. The van der Waals surface area contributed by atoms with Gasteiger partial charge in [0.05, 0.1) is 13.2 Å². The molecule has 0 aliphatic carbocycles. The summed E-state index contributed by atoms with van der Waals surface area (Å²) in [5.74, 6) is -0.864. The number of allylic oxidation sites excluding steroid dienone is 2. The molecule has 0 bridgehead atoms. The van der Waals surface area contributed by atoms with Crippen LogP contribution in [-0.4, -0.2) is 89.0 Å². The Kier molecular flexibility index (Phi) is 28.9. The summed E-state index contributed by atoms with van der Waals surface area (Å²) < 4.78 is 21.6. The zero-order valence-electron chi connectivity index (χ0n) is 30.9. The van der Waals surface area contributed by atoms with Crippen molar-refractivity contribution in [3.8, 4) is 0 Å². The lowest BCUT2D eigenvalue weighted by Gasteiger charge is -2.39. The van der Waals surface area contributed by atoms with Crippen LogP contribution in [0.2, 0.25) is 0 Å². The Balaban J connectivity index is 2.10. The predicted molar refractivity (Wildman–Crippen MR) is 192 cm³/mol. The van der Waals surface area contributed by atoms with Crippen LogP contribution in [0.25, 0.3) is 0 Å². The topological polar surface area (TPSA) is 152 Å². The lowest BCUT2D eigenvalue weighted by Crippen LogP contribution is -2.59. The SMILES string of the molecule is CCCCCCCCCC/C=C\CCCCCCCCCCCCCC(=O)OC(COC(=O)CCC)COC1OC(CO)C(O)C(O)C1O. The number of aliphatic hydroxyl groups is 4. The van der Waals surface area contributed by atoms with Crippen LogP contribution in [0.4, 0.5) is 0 Å². The van der Waals surface area contributed by atoms with Crippen molar-refractivity contribution in [3.05, 3.63) is 12.2 Å². The highest BCUT2D eigenvalue weighted by atomic mass is 16.7. The monoisotopic (exact) mass is 701 g/mol. The highest BCUT2D eigenvalue weighted by molar-refractivity contribution is 5.70. The molecule has 0 aromatic rings. The van der Waals surface area contributed by atoms with E-state index in [1.54, 1.807) is 0 Å². The van der Waals surface area contributed by atoms with Gasteiger partial charge in [0.1, 0.15) is 31.0 Å². The molecule has 0 spiro atoms. The van der Waals surface area contributed by atoms with Crippen LogP contribution in [0, 0.1) is 0 Å². The van der Waals surface area contributed by atoms with Gasteiger partial charge in [-0.05, 0) is 38.5 Å². The molecule has 1 aliphatic heterocycles. The molecule has 0 saturated carbocycles. The van der Waals surface area contributed by atoms with Crippen molar-refractivity contribution in [3.63, 3.8) is 0 Å². The summed E-state index contributed by atoms with van der Waals surface area (Å²) in [7, 11) is 0. The first-order valence-electron chi connectivity index (χ1n) is 19.8. The molecule has 1 saturated heterocycles. The van der Waals surface area contributed by atoms with Gasteiger partial charge in [0, 0.05) is 12.8 Å². The molecule has 0 aromatic carbocycles. The maximum atomic E-state index is 12.5. The fraction of sp³-hybridized carbons (Fsp3) is 0.897. The van der Waals surface area contributed by atoms with E-state index in [4.69, 9.17) is 18.9 Å². The first-order valence-corrected chi connectivity index (χ1v) is 19.8. The Labute approximate surface area is 297 Å². The van der Waals surface area contributed by atoms with Gasteiger partial charge in [0.15, 0.2) is 12.4 Å². The molecule has 288 valence electrons. The highest BCUT2D eigenvalue weighted by Crippen LogP contribution is 2.22. The van der Waals surface area contributed by atoms with Crippen molar-refractivity contribution < 1.29 is 49.0 Å². The van der Waals surface area contributed by atoms with E-state index >= 15 is 0 Å². The average Bonchev–Trinajstić information content (AvgIpc) is 3.09. The number of carbonyl (C=O) groups excluding carboxylic acids is 2. The molecule has 1 heterocycles. The van der Waals surface area contributed by atoms with Crippen molar-refractivity contribution in [1.29, 1.82) is 0 Å². The summed E-state index contributed by atoms with van der Waals surface area (Å²) in [6.07, 6.45) is 24.1. The minimum atomic E-state index is -1.59. The quantitative estimate of drug-likeness (QED) is 0.0322. The van der Waals surface area contributed by atoms with Crippen molar-refractivity contribution >= 4 is 11.9 Å². The van der Waals surface area contributed by atoms with Crippen LogP contribution >= 0.6 is 0 Å². The van der Waals surface area contributed by atoms with E-state index in [9.17, 15) is 30.0 Å². The number of carbonyl (C=O) groups is 2. The second-order valence-electron chi connectivity index (χ2n) is 13.7. The van der Waals surface area contributed by atoms with Gasteiger partial charge in [0.25, 0.3) is 0 Å². The van der Waals surface area contributed by atoms with E-state index in [0.717, 1.165) is 19.3 Å². The van der Waals surface area contributed by atoms with Crippen molar-refractivity contribution in [2.24, 2.45) is 0 Å². The van der Waals surface area contributed by atoms with E-state index in [2.05, 4.69) is 19.1 Å². The van der Waals surface area contributed by atoms with Gasteiger partial charge in [0.2, 0.25) is 0 Å². The van der Waals surface area contributed by atoms with E-state index in [-0.39, 0.29) is 26.1 Å². The maximum absolute atomic E-state index is 12.5. The lowest BCUT2D eigenvalue weighted by molar-refractivity contribution is -0.305. The number of esters is 2. The van der Waals surface area contributed by atoms with Crippen molar-refractivity contribution in [2.45, 2.75) is 205 Å². The second-order valence-corrected chi connectivity index (χ2v) is 13.7. The predicted octanol–water partition coefficient (Wildman–Crippen LogP) is 7.22. The molecule has 1 rings (SSSR count). The standard InChI is InChI=1S/C39H72O10/c1-3-5-6-7-8-9-10-11-12-13-14-15-16-17-18-19-20-21-22-23-24-25-26-28-35(42)48-32(30-46-34(41)27-4-2)31-47-39-38(45)37(44)36(43)33(29-40)49-39/h13-14,32-33,36-40,43-45H,3-12,15-31H2,1-2H3/b14-13-. The Hall–Kier alpha value is -1.56. The maximum Gasteiger partial charge on any atom is 0.306 e. The molecule has 6 atom stereocenters. The average molecular weight is 701 g/mol. The van der Waals surface area contributed by atoms with E-state index in [1.165, 1.54) is 109 Å². The largest absolute Gasteiger partial charge is 0.462 e. The van der Waals surface area contributed by atoms with Crippen LogP contribution in [0.5, 0.6) is 0 Å².